The zero-order valence-electron chi connectivity index (χ0n) is 11.3. The van der Waals surface area contributed by atoms with Crippen molar-refractivity contribution >= 4 is 45.6 Å². The first-order valence-electron chi connectivity index (χ1n) is 6.65. The van der Waals surface area contributed by atoms with Crippen LogP contribution in [0.25, 0.3) is 0 Å². The Hall–Kier alpha value is -1.71. The van der Waals surface area contributed by atoms with Gasteiger partial charge in [0.05, 0.1) is 11.4 Å². The molecule has 3 aromatic carbocycles. The third kappa shape index (κ3) is 2.99. The van der Waals surface area contributed by atoms with Gasteiger partial charge in [-0.25, -0.2) is 0 Å². The van der Waals surface area contributed by atoms with Crippen LogP contribution in [0.1, 0.15) is 0 Å². The maximum Gasteiger partial charge on any atom is 0.0604 e. The molecule has 0 aromatic heterocycles. The molecule has 0 aliphatic carbocycles. The standard InChI is InChI=1S/C18H14BrNS/c19-15-10-4-5-11-16(15)20(14-8-2-1-3-9-14)17-12-6-7-13-18(17)21/h1-13,21H. The maximum atomic E-state index is 4.61. The van der Waals surface area contributed by atoms with Crippen LogP contribution in [-0.2, 0) is 0 Å². The van der Waals surface area contributed by atoms with E-state index >= 15 is 0 Å². The molecular weight excluding hydrogens is 342 g/mol. The summed E-state index contributed by atoms with van der Waals surface area (Å²) in [5.41, 5.74) is 3.25. The van der Waals surface area contributed by atoms with E-state index in [9.17, 15) is 0 Å². The number of halogens is 1. The highest BCUT2D eigenvalue weighted by molar-refractivity contribution is 9.10. The lowest BCUT2D eigenvalue weighted by Gasteiger charge is -2.27. The molecule has 0 aliphatic rings. The zero-order valence-corrected chi connectivity index (χ0v) is 13.8. The molecular formula is C18H14BrNS. The quantitative estimate of drug-likeness (QED) is 0.546. The van der Waals surface area contributed by atoms with Gasteiger partial charge in [-0.15, -0.1) is 12.6 Å². The Morgan fingerprint density at radius 3 is 1.90 bits per heavy atom. The number of thiol groups is 1. The van der Waals surface area contributed by atoms with Crippen molar-refractivity contribution in [3.63, 3.8) is 0 Å². The van der Waals surface area contributed by atoms with Gasteiger partial charge in [-0.1, -0.05) is 42.5 Å². The Balaban J connectivity index is 2.22. The molecule has 0 heterocycles. The second-order valence-electron chi connectivity index (χ2n) is 4.61. The molecule has 21 heavy (non-hydrogen) atoms. The molecule has 0 fully saturated rings. The summed E-state index contributed by atoms with van der Waals surface area (Å²) >= 11 is 8.26. The molecule has 0 radical (unpaired) electrons. The highest BCUT2D eigenvalue weighted by atomic mass is 79.9. The molecule has 3 rings (SSSR count). The fraction of sp³-hybridized carbons (Fsp3) is 0. The van der Waals surface area contributed by atoms with Gasteiger partial charge in [0.25, 0.3) is 0 Å². The largest absolute Gasteiger partial charge is 0.308 e. The lowest BCUT2D eigenvalue weighted by molar-refractivity contribution is 1.23. The maximum absolute atomic E-state index is 4.61. The Morgan fingerprint density at radius 1 is 0.667 bits per heavy atom. The van der Waals surface area contributed by atoms with E-state index in [0.717, 1.165) is 26.4 Å². The average molecular weight is 356 g/mol. The van der Waals surface area contributed by atoms with Crippen molar-refractivity contribution < 1.29 is 0 Å². The Bertz CT molecular complexity index is 697. The summed E-state index contributed by atoms with van der Waals surface area (Å²) in [6.45, 7) is 0. The van der Waals surface area contributed by atoms with E-state index < -0.39 is 0 Å². The van der Waals surface area contributed by atoms with Crippen molar-refractivity contribution in [2.45, 2.75) is 4.90 Å². The summed E-state index contributed by atoms with van der Waals surface area (Å²) in [6.07, 6.45) is 0. The Morgan fingerprint density at radius 2 is 1.24 bits per heavy atom. The van der Waals surface area contributed by atoms with Crippen LogP contribution >= 0.6 is 28.6 Å². The number of rotatable bonds is 3. The number of hydrogen-bond donors (Lipinski definition) is 1. The van der Waals surface area contributed by atoms with Crippen LogP contribution in [0, 0.1) is 0 Å². The summed E-state index contributed by atoms with van der Waals surface area (Å²) in [5.74, 6) is 0. The molecule has 3 heteroatoms. The molecule has 104 valence electrons. The van der Waals surface area contributed by atoms with Gasteiger partial charge in [0.2, 0.25) is 0 Å². The first kappa shape index (κ1) is 14.2. The summed E-state index contributed by atoms with van der Waals surface area (Å²) in [5, 5.41) is 0. The van der Waals surface area contributed by atoms with Gasteiger partial charge in [-0.05, 0) is 52.3 Å². The van der Waals surface area contributed by atoms with E-state index in [0.29, 0.717) is 0 Å². The number of para-hydroxylation sites is 3. The van der Waals surface area contributed by atoms with Crippen molar-refractivity contribution in [1.29, 1.82) is 0 Å². The molecule has 0 spiro atoms. The van der Waals surface area contributed by atoms with E-state index in [1.807, 2.05) is 54.6 Å². The fourth-order valence-electron chi connectivity index (χ4n) is 2.27. The second kappa shape index (κ2) is 6.37. The average Bonchev–Trinajstić information content (AvgIpc) is 2.52. The van der Waals surface area contributed by atoms with Crippen molar-refractivity contribution in [1.82, 2.24) is 0 Å². The minimum atomic E-state index is 0.942. The molecule has 0 saturated carbocycles. The molecule has 0 N–H and O–H groups in total. The predicted octanol–water partition coefficient (Wildman–Crippen LogP) is 6.21. The van der Waals surface area contributed by atoms with Crippen LogP contribution in [-0.4, -0.2) is 0 Å². The van der Waals surface area contributed by atoms with Crippen molar-refractivity contribution in [3.8, 4) is 0 Å². The second-order valence-corrected chi connectivity index (χ2v) is 5.95. The van der Waals surface area contributed by atoms with E-state index in [2.05, 4.69) is 57.7 Å². The lowest BCUT2D eigenvalue weighted by Crippen LogP contribution is -2.11. The summed E-state index contributed by atoms with van der Waals surface area (Å²) in [6, 6.07) is 26.6. The van der Waals surface area contributed by atoms with E-state index in [-0.39, 0.29) is 0 Å². The van der Waals surface area contributed by atoms with Crippen LogP contribution in [0.4, 0.5) is 17.1 Å². The number of nitrogens with zero attached hydrogens (tertiary/aromatic N) is 1. The van der Waals surface area contributed by atoms with Gasteiger partial charge in [0.15, 0.2) is 0 Å². The first-order chi connectivity index (χ1) is 10.3. The van der Waals surface area contributed by atoms with Gasteiger partial charge in [0.1, 0.15) is 0 Å². The van der Waals surface area contributed by atoms with E-state index in [4.69, 9.17) is 0 Å². The number of hydrogen-bond acceptors (Lipinski definition) is 2. The van der Waals surface area contributed by atoms with Crippen molar-refractivity contribution in [3.05, 3.63) is 83.3 Å². The SMILES string of the molecule is Sc1ccccc1N(c1ccccc1)c1ccccc1Br. The Kier molecular flexibility index (Phi) is 4.32. The molecule has 0 aliphatic heterocycles. The molecule has 0 atom stereocenters. The molecule has 0 amide bonds. The van der Waals surface area contributed by atoms with Gasteiger partial charge < -0.3 is 4.90 Å². The first-order valence-corrected chi connectivity index (χ1v) is 7.89. The predicted molar refractivity (Wildman–Crippen MR) is 96.1 cm³/mol. The number of benzene rings is 3. The smallest absolute Gasteiger partial charge is 0.0604 e. The van der Waals surface area contributed by atoms with Crippen molar-refractivity contribution in [2.75, 3.05) is 4.90 Å². The monoisotopic (exact) mass is 355 g/mol. The van der Waals surface area contributed by atoms with Crippen LogP contribution in [0.3, 0.4) is 0 Å². The third-order valence-corrected chi connectivity index (χ3v) is 4.28. The normalized spacial score (nSPS) is 10.4. The van der Waals surface area contributed by atoms with Gasteiger partial charge >= 0.3 is 0 Å². The minimum absolute atomic E-state index is 0.942. The highest BCUT2D eigenvalue weighted by Gasteiger charge is 2.16. The molecule has 0 unspecified atom stereocenters. The Labute approximate surface area is 138 Å². The van der Waals surface area contributed by atoms with Gasteiger partial charge in [-0.2, -0.15) is 0 Å². The molecule has 0 saturated heterocycles. The number of anilines is 3. The van der Waals surface area contributed by atoms with E-state index in [1.165, 1.54) is 0 Å². The van der Waals surface area contributed by atoms with Crippen molar-refractivity contribution in [2.24, 2.45) is 0 Å². The summed E-state index contributed by atoms with van der Waals surface area (Å²) in [7, 11) is 0. The molecule has 3 aromatic rings. The van der Waals surface area contributed by atoms with Crippen LogP contribution in [0.5, 0.6) is 0 Å². The lowest BCUT2D eigenvalue weighted by atomic mass is 10.2. The van der Waals surface area contributed by atoms with Gasteiger partial charge in [0, 0.05) is 15.1 Å². The molecule has 1 nitrogen and oxygen atoms in total. The summed E-state index contributed by atoms with van der Waals surface area (Å²) in [4.78, 5) is 3.14. The van der Waals surface area contributed by atoms with Crippen LogP contribution in [0.15, 0.2) is 88.2 Å². The van der Waals surface area contributed by atoms with Crippen LogP contribution < -0.4 is 4.90 Å². The minimum Gasteiger partial charge on any atom is -0.308 e. The van der Waals surface area contributed by atoms with E-state index in [1.54, 1.807) is 0 Å². The summed E-state index contributed by atoms with van der Waals surface area (Å²) < 4.78 is 1.05. The topological polar surface area (TPSA) is 3.24 Å². The zero-order chi connectivity index (χ0) is 14.7. The molecule has 0 bridgehead atoms. The van der Waals surface area contributed by atoms with Gasteiger partial charge in [-0.3, -0.25) is 0 Å². The van der Waals surface area contributed by atoms with Crippen LogP contribution in [0.2, 0.25) is 0 Å². The fourth-order valence-corrected chi connectivity index (χ4v) is 2.99. The highest BCUT2D eigenvalue weighted by Crippen LogP contribution is 2.40. The third-order valence-electron chi connectivity index (χ3n) is 3.23.